The van der Waals surface area contributed by atoms with Gasteiger partial charge < -0.3 is 10.4 Å². The third kappa shape index (κ3) is 3.12. The lowest BCUT2D eigenvalue weighted by atomic mass is 10.2. The first kappa shape index (κ1) is 13.4. The molecule has 2 aromatic carbocycles. The molecule has 2 N–H and O–H groups in total. The van der Waals surface area contributed by atoms with E-state index in [0.29, 0.717) is 4.88 Å². The Morgan fingerprint density at radius 2 is 1.76 bits per heavy atom. The SMILES string of the molecule is O=C(Nc1ccccc1)c1ccc(-c2cccc(O)c2)s1. The smallest absolute Gasteiger partial charge is 0.265 e. The molecule has 104 valence electrons. The fraction of sp³-hybridized carbons (Fsp3) is 0. The highest BCUT2D eigenvalue weighted by Gasteiger charge is 2.10. The predicted molar refractivity (Wildman–Crippen MR) is 85.8 cm³/mol. The number of hydrogen-bond acceptors (Lipinski definition) is 3. The van der Waals surface area contributed by atoms with Gasteiger partial charge in [0.15, 0.2) is 0 Å². The number of carbonyl (C=O) groups excluding carboxylic acids is 1. The molecule has 4 heteroatoms. The van der Waals surface area contributed by atoms with Crippen LogP contribution >= 0.6 is 11.3 Å². The molecule has 0 fully saturated rings. The van der Waals surface area contributed by atoms with E-state index in [1.54, 1.807) is 24.3 Å². The molecule has 0 radical (unpaired) electrons. The van der Waals surface area contributed by atoms with Crippen molar-refractivity contribution in [2.75, 3.05) is 5.32 Å². The first-order chi connectivity index (χ1) is 10.2. The van der Waals surface area contributed by atoms with Crippen LogP contribution in [-0.4, -0.2) is 11.0 Å². The molecule has 0 saturated heterocycles. The second-order valence-corrected chi connectivity index (χ2v) is 5.62. The molecule has 0 aliphatic rings. The molecule has 1 amide bonds. The average Bonchev–Trinajstić information content (AvgIpc) is 2.98. The minimum absolute atomic E-state index is 0.127. The van der Waals surface area contributed by atoms with Crippen molar-refractivity contribution in [1.82, 2.24) is 0 Å². The summed E-state index contributed by atoms with van der Waals surface area (Å²) in [6.07, 6.45) is 0. The van der Waals surface area contributed by atoms with E-state index in [-0.39, 0.29) is 11.7 Å². The highest BCUT2D eigenvalue weighted by molar-refractivity contribution is 7.17. The zero-order valence-electron chi connectivity index (χ0n) is 11.1. The summed E-state index contributed by atoms with van der Waals surface area (Å²) in [6.45, 7) is 0. The van der Waals surface area contributed by atoms with Crippen molar-refractivity contribution in [2.45, 2.75) is 0 Å². The van der Waals surface area contributed by atoms with Gasteiger partial charge in [-0.1, -0.05) is 30.3 Å². The Morgan fingerprint density at radius 3 is 2.52 bits per heavy atom. The monoisotopic (exact) mass is 295 g/mol. The summed E-state index contributed by atoms with van der Waals surface area (Å²) in [5.74, 6) is 0.0915. The number of phenols is 1. The van der Waals surface area contributed by atoms with E-state index in [0.717, 1.165) is 16.1 Å². The molecule has 0 atom stereocenters. The lowest BCUT2D eigenvalue weighted by Gasteiger charge is -2.02. The maximum atomic E-state index is 12.2. The summed E-state index contributed by atoms with van der Waals surface area (Å²) < 4.78 is 0. The second kappa shape index (κ2) is 5.81. The fourth-order valence-electron chi connectivity index (χ4n) is 1.99. The number of para-hydroxylation sites is 1. The molecule has 1 heterocycles. The van der Waals surface area contributed by atoms with Crippen molar-refractivity contribution in [3.05, 3.63) is 71.6 Å². The van der Waals surface area contributed by atoms with Gasteiger partial charge in [0.05, 0.1) is 4.88 Å². The minimum Gasteiger partial charge on any atom is -0.508 e. The molecule has 1 aromatic heterocycles. The van der Waals surface area contributed by atoms with E-state index in [9.17, 15) is 9.90 Å². The Kier molecular flexibility index (Phi) is 3.71. The minimum atomic E-state index is -0.127. The fourth-order valence-corrected chi connectivity index (χ4v) is 2.89. The number of phenolic OH excluding ortho intramolecular Hbond substituents is 1. The van der Waals surface area contributed by atoms with Crippen LogP contribution in [0.4, 0.5) is 5.69 Å². The van der Waals surface area contributed by atoms with E-state index in [1.807, 2.05) is 42.5 Å². The van der Waals surface area contributed by atoms with Crippen LogP contribution < -0.4 is 5.32 Å². The van der Waals surface area contributed by atoms with Gasteiger partial charge in [0.2, 0.25) is 0 Å². The highest BCUT2D eigenvalue weighted by Crippen LogP contribution is 2.30. The van der Waals surface area contributed by atoms with Gasteiger partial charge in [0.25, 0.3) is 5.91 Å². The van der Waals surface area contributed by atoms with E-state index >= 15 is 0 Å². The number of amides is 1. The van der Waals surface area contributed by atoms with E-state index in [4.69, 9.17) is 0 Å². The summed E-state index contributed by atoms with van der Waals surface area (Å²) in [7, 11) is 0. The van der Waals surface area contributed by atoms with E-state index in [1.165, 1.54) is 11.3 Å². The molecular weight excluding hydrogens is 282 g/mol. The number of thiophene rings is 1. The highest BCUT2D eigenvalue weighted by atomic mass is 32.1. The van der Waals surface area contributed by atoms with Crippen molar-refractivity contribution in [2.24, 2.45) is 0 Å². The van der Waals surface area contributed by atoms with Crippen LogP contribution in [-0.2, 0) is 0 Å². The van der Waals surface area contributed by atoms with Crippen LogP contribution in [0.3, 0.4) is 0 Å². The lowest BCUT2D eigenvalue weighted by molar-refractivity contribution is 0.103. The van der Waals surface area contributed by atoms with Crippen molar-refractivity contribution in [3.63, 3.8) is 0 Å². The number of rotatable bonds is 3. The van der Waals surface area contributed by atoms with Gasteiger partial charge in [-0.2, -0.15) is 0 Å². The Labute approximate surface area is 126 Å². The van der Waals surface area contributed by atoms with Crippen molar-refractivity contribution < 1.29 is 9.90 Å². The van der Waals surface area contributed by atoms with E-state index in [2.05, 4.69) is 5.32 Å². The standard InChI is InChI=1S/C17H13NO2S/c19-14-8-4-5-12(11-14)15-9-10-16(21-15)17(20)18-13-6-2-1-3-7-13/h1-11,19H,(H,18,20). The summed E-state index contributed by atoms with van der Waals surface area (Å²) >= 11 is 1.40. The van der Waals surface area contributed by atoms with Gasteiger partial charge in [0.1, 0.15) is 5.75 Å². The van der Waals surface area contributed by atoms with Gasteiger partial charge in [-0.05, 0) is 42.0 Å². The molecule has 3 rings (SSSR count). The topological polar surface area (TPSA) is 49.3 Å². The zero-order valence-corrected chi connectivity index (χ0v) is 11.9. The van der Waals surface area contributed by atoms with Gasteiger partial charge >= 0.3 is 0 Å². The van der Waals surface area contributed by atoms with Crippen LogP contribution in [0.1, 0.15) is 9.67 Å². The van der Waals surface area contributed by atoms with Crippen LogP contribution in [0, 0.1) is 0 Å². The van der Waals surface area contributed by atoms with Gasteiger partial charge in [0, 0.05) is 10.6 Å². The number of hydrogen-bond donors (Lipinski definition) is 2. The number of anilines is 1. The van der Waals surface area contributed by atoms with Crippen molar-refractivity contribution in [3.8, 4) is 16.2 Å². The molecule has 21 heavy (non-hydrogen) atoms. The summed E-state index contributed by atoms with van der Waals surface area (Å²) in [5.41, 5.74) is 1.67. The molecule has 3 nitrogen and oxygen atoms in total. The molecule has 0 saturated carbocycles. The molecule has 0 unspecified atom stereocenters. The quantitative estimate of drug-likeness (QED) is 0.753. The Hall–Kier alpha value is -2.59. The second-order valence-electron chi connectivity index (χ2n) is 4.53. The molecule has 0 bridgehead atoms. The Morgan fingerprint density at radius 1 is 0.952 bits per heavy atom. The number of aromatic hydroxyl groups is 1. The summed E-state index contributed by atoms with van der Waals surface area (Å²) in [4.78, 5) is 13.8. The first-order valence-electron chi connectivity index (χ1n) is 6.48. The number of benzene rings is 2. The van der Waals surface area contributed by atoms with Gasteiger partial charge in [-0.25, -0.2) is 0 Å². The summed E-state index contributed by atoms with van der Waals surface area (Å²) in [5, 5.41) is 12.4. The van der Waals surface area contributed by atoms with Crippen LogP contribution in [0.5, 0.6) is 5.75 Å². The molecule has 0 aliphatic carbocycles. The molecular formula is C17H13NO2S. The third-order valence-corrected chi connectivity index (χ3v) is 4.13. The lowest BCUT2D eigenvalue weighted by Crippen LogP contribution is -2.09. The predicted octanol–water partition coefficient (Wildman–Crippen LogP) is 4.37. The van der Waals surface area contributed by atoms with Crippen LogP contribution in [0.2, 0.25) is 0 Å². The number of nitrogens with one attached hydrogen (secondary N) is 1. The van der Waals surface area contributed by atoms with Crippen molar-refractivity contribution in [1.29, 1.82) is 0 Å². The average molecular weight is 295 g/mol. The Bertz CT molecular complexity index is 765. The Balaban J connectivity index is 1.80. The maximum Gasteiger partial charge on any atom is 0.265 e. The zero-order chi connectivity index (χ0) is 14.7. The van der Waals surface area contributed by atoms with Gasteiger partial charge in [-0.3, -0.25) is 4.79 Å². The van der Waals surface area contributed by atoms with Crippen LogP contribution in [0.15, 0.2) is 66.7 Å². The van der Waals surface area contributed by atoms with Crippen LogP contribution in [0.25, 0.3) is 10.4 Å². The molecule has 0 spiro atoms. The first-order valence-corrected chi connectivity index (χ1v) is 7.30. The molecule has 3 aromatic rings. The van der Waals surface area contributed by atoms with E-state index < -0.39 is 0 Å². The van der Waals surface area contributed by atoms with Crippen molar-refractivity contribution >= 4 is 22.9 Å². The number of carbonyl (C=O) groups is 1. The largest absolute Gasteiger partial charge is 0.508 e. The molecule has 0 aliphatic heterocycles. The maximum absolute atomic E-state index is 12.2. The summed E-state index contributed by atoms with van der Waals surface area (Å²) in [6, 6.07) is 20.0. The van der Waals surface area contributed by atoms with Gasteiger partial charge in [-0.15, -0.1) is 11.3 Å². The third-order valence-electron chi connectivity index (χ3n) is 2.99. The normalized spacial score (nSPS) is 10.3.